The van der Waals surface area contributed by atoms with Crippen LogP contribution in [0.4, 0.5) is 16.2 Å². The Labute approximate surface area is 256 Å². The van der Waals surface area contributed by atoms with Crippen LogP contribution >= 0.6 is 0 Å². The summed E-state index contributed by atoms with van der Waals surface area (Å²) in [6, 6.07) is 9.97. The number of benzene rings is 2. The van der Waals surface area contributed by atoms with Gasteiger partial charge in [0.05, 0.1) is 16.4 Å². The number of likely N-dealkylation sites (tertiary alicyclic amines) is 1. The van der Waals surface area contributed by atoms with Crippen LogP contribution in [-0.4, -0.2) is 112 Å². The number of rotatable bonds is 12. The van der Waals surface area contributed by atoms with Crippen LogP contribution in [0.15, 0.2) is 48.5 Å². The average Bonchev–Trinajstić information content (AvgIpc) is 3.47. The summed E-state index contributed by atoms with van der Waals surface area (Å²) in [5, 5.41) is 31.9. The van der Waals surface area contributed by atoms with Gasteiger partial charge in [-0.15, -0.1) is 0 Å². The zero-order chi connectivity index (χ0) is 32.5. The van der Waals surface area contributed by atoms with Crippen LogP contribution in [0.1, 0.15) is 17.5 Å². The molecule has 0 aromatic heterocycles. The normalized spacial score (nSPS) is 19.0. The summed E-state index contributed by atoms with van der Waals surface area (Å²) < 4.78 is 15.5. The van der Waals surface area contributed by atoms with Gasteiger partial charge in [0, 0.05) is 63.4 Å². The number of ether oxygens (including phenoxy) is 3. The van der Waals surface area contributed by atoms with E-state index < -0.39 is 40.2 Å². The number of aliphatic hydroxyl groups excluding tert-OH is 1. The monoisotopic (exact) mass is 629 g/mol. The van der Waals surface area contributed by atoms with Crippen LogP contribution in [-0.2, 0) is 41.8 Å². The summed E-state index contributed by atoms with van der Waals surface area (Å²) in [5.41, 5.74) is 0.811. The number of nitro groups is 2. The summed E-state index contributed by atoms with van der Waals surface area (Å²) in [5.74, 6) is -1.23. The van der Waals surface area contributed by atoms with Crippen LogP contribution in [0.5, 0.6) is 0 Å². The summed E-state index contributed by atoms with van der Waals surface area (Å²) in [6.07, 6.45) is -2.90. The second-order valence-corrected chi connectivity index (χ2v) is 10.4. The molecule has 3 atom stereocenters. The molecule has 17 nitrogen and oxygen atoms in total. The van der Waals surface area contributed by atoms with Gasteiger partial charge >= 0.3 is 12.1 Å². The lowest BCUT2D eigenvalue weighted by molar-refractivity contribution is -0.385. The maximum Gasteiger partial charge on any atom is 0.410 e. The van der Waals surface area contributed by atoms with Crippen molar-refractivity contribution in [2.24, 2.45) is 0 Å². The molecule has 0 bridgehead atoms. The molecule has 2 heterocycles. The molecule has 2 fully saturated rings. The Balaban J connectivity index is 1.25. The van der Waals surface area contributed by atoms with Gasteiger partial charge in [-0.25, -0.2) is 9.59 Å². The molecule has 4 rings (SSSR count). The van der Waals surface area contributed by atoms with E-state index >= 15 is 0 Å². The number of β-amino-alcohol motifs (C(OH)–C–C–N with tert-alkyl or cyclic N) is 1. The second kappa shape index (κ2) is 15.0. The van der Waals surface area contributed by atoms with E-state index in [-0.39, 0.29) is 69.6 Å². The van der Waals surface area contributed by atoms with Crippen molar-refractivity contribution >= 4 is 35.8 Å². The summed E-state index contributed by atoms with van der Waals surface area (Å²) in [4.78, 5) is 74.6. The van der Waals surface area contributed by atoms with Crippen molar-refractivity contribution in [3.8, 4) is 0 Å². The highest BCUT2D eigenvalue weighted by molar-refractivity contribution is 5.86. The van der Waals surface area contributed by atoms with Crippen LogP contribution in [0, 0.1) is 20.2 Å². The molecule has 2 aromatic carbocycles. The average molecular weight is 630 g/mol. The molecule has 0 spiro atoms. The van der Waals surface area contributed by atoms with E-state index in [9.17, 15) is 44.5 Å². The van der Waals surface area contributed by atoms with Gasteiger partial charge in [-0.2, -0.15) is 0 Å². The fraction of sp³-hybridized carbons (Fsp3) is 0.429. The highest BCUT2D eigenvalue weighted by Crippen LogP contribution is 2.24. The Hall–Kier alpha value is -5.16. The third-order valence-electron chi connectivity index (χ3n) is 7.46. The van der Waals surface area contributed by atoms with E-state index in [1.54, 1.807) is 9.80 Å². The molecule has 2 aliphatic rings. The predicted molar refractivity (Wildman–Crippen MR) is 151 cm³/mol. The highest BCUT2D eigenvalue weighted by Gasteiger charge is 2.43. The van der Waals surface area contributed by atoms with Crippen molar-refractivity contribution in [1.29, 1.82) is 0 Å². The number of aliphatic hydroxyl groups is 1. The summed E-state index contributed by atoms with van der Waals surface area (Å²) >= 11 is 0. The van der Waals surface area contributed by atoms with Gasteiger partial charge in [-0.3, -0.25) is 39.6 Å². The quantitative estimate of drug-likeness (QED) is 0.114. The minimum Gasteiger partial charge on any atom is -0.463 e. The molecule has 0 radical (unpaired) electrons. The zero-order valence-electron chi connectivity index (χ0n) is 24.0. The second-order valence-electron chi connectivity index (χ2n) is 10.4. The van der Waals surface area contributed by atoms with Crippen LogP contribution < -0.4 is 0 Å². The molecular formula is C28H31N5O12. The fourth-order valence-corrected chi connectivity index (χ4v) is 5.00. The third kappa shape index (κ3) is 8.70. The molecule has 2 amide bonds. The van der Waals surface area contributed by atoms with Crippen LogP contribution in [0.25, 0.3) is 0 Å². The Kier molecular flexibility index (Phi) is 10.9. The summed E-state index contributed by atoms with van der Waals surface area (Å²) in [6.45, 7) is 0.926. The largest absolute Gasteiger partial charge is 0.463 e. The molecule has 0 saturated carbocycles. The molecule has 2 aromatic rings. The van der Waals surface area contributed by atoms with Crippen molar-refractivity contribution in [3.05, 3.63) is 79.9 Å². The maximum atomic E-state index is 13.4. The van der Waals surface area contributed by atoms with Gasteiger partial charge in [0.15, 0.2) is 6.10 Å². The molecular weight excluding hydrogens is 598 g/mol. The molecule has 2 aliphatic heterocycles. The number of non-ortho nitro benzene ring substituents is 2. The number of piperazine rings is 1. The smallest absolute Gasteiger partial charge is 0.410 e. The molecule has 240 valence electrons. The van der Waals surface area contributed by atoms with Gasteiger partial charge in [-0.05, 0) is 35.4 Å². The van der Waals surface area contributed by atoms with Gasteiger partial charge in [-0.1, -0.05) is 0 Å². The third-order valence-corrected chi connectivity index (χ3v) is 7.46. The van der Waals surface area contributed by atoms with E-state index in [1.807, 2.05) is 0 Å². The molecule has 2 saturated heterocycles. The topological polar surface area (TPSA) is 212 Å². The Morgan fingerprint density at radius 3 is 1.93 bits per heavy atom. The number of esters is 1. The lowest BCUT2D eigenvalue weighted by Gasteiger charge is -2.37. The molecule has 1 unspecified atom stereocenters. The molecule has 1 N–H and O–H groups in total. The van der Waals surface area contributed by atoms with E-state index in [0.29, 0.717) is 24.2 Å². The Morgan fingerprint density at radius 1 is 0.889 bits per heavy atom. The number of nitrogens with zero attached hydrogens (tertiary/aromatic N) is 5. The SMILES string of the molecule is O=CO[C@H]1C[C@H](C(=O)N2CCN(CC(O)C(=O)OCc3ccc([N+](=O)[O-])cc3)CC2)N(C(=O)OCc2ccc([N+](=O)[O-])cc2)C1. The molecule has 0 aliphatic carbocycles. The van der Waals surface area contributed by atoms with E-state index in [2.05, 4.69) is 0 Å². The van der Waals surface area contributed by atoms with E-state index in [4.69, 9.17) is 14.2 Å². The lowest BCUT2D eigenvalue weighted by Crippen LogP contribution is -2.55. The number of carbonyl (C=O) groups is 4. The number of hydrogen-bond donors (Lipinski definition) is 1. The first-order valence-corrected chi connectivity index (χ1v) is 13.9. The van der Waals surface area contributed by atoms with Gasteiger partial charge < -0.3 is 24.2 Å². The van der Waals surface area contributed by atoms with Crippen molar-refractivity contribution in [3.63, 3.8) is 0 Å². The minimum absolute atomic E-state index is 0.0408. The summed E-state index contributed by atoms with van der Waals surface area (Å²) in [7, 11) is 0. The zero-order valence-corrected chi connectivity index (χ0v) is 24.0. The maximum absolute atomic E-state index is 13.4. The van der Waals surface area contributed by atoms with Crippen molar-refractivity contribution in [2.45, 2.75) is 37.9 Å². The number of amides is 2. The van der Waals surface area contributed by atoms with E-state index in [1.165, 1.54) is 53.4 Å². The molecule has 45 heavy (non-hydrogen) atoms. The molecule has 17 heteroatoms. The fourth-order valence-electron chi connectivity index (χ4n) is 5.00. The first kappa shape index (κ1) is 32.7. The standard InChI is InChI=1S/C28H31N5O12/c34-18-45-23-13-24(31(14-23)28(38)44-17-20-3-7-22(8-4-20)33(41)42)26(36)30-11-9-29(10-12-30)15-25(35)27(37)43-16-19-1-5-21(6-2-19)32(39)40/h1-8,18,23-25,35H,9-17H2/t23-,24+,25?/m0/s1. The van der Waals surface area contributed by atoms with Gasteiger partial charge in [0.1, 0.15) is 25.4 Å². The highest BCUT2D eigenvalue weighted by atomic mass is 16.6. The Morgan fingerprint density at radius 2 is 1.42 bits per heavy atom. The van der Waals surface area contributed by atoms with E-state index in [0.717, 1.165) is 0 Å². The van der Waals surface area contributed by atoms with Crippen molar-refractivity contribution < 1.29 is 48.3 Å². The van der Waals surface area contributed by atoms with Crippen molar-refractivity contribution in [2.75, 3.05) is 39.3 Å². The Bertz CT molecular complexity index is 1400. The van der Waals surface area contributed by atoms with Gasteiger partial charge in [0.2, 0.25) is 5.91 Å². The lowest BCUT2D eigenvalue weighted by atomic mass is 10.1. The minimum atomic E-state index is -1.46. The van der Waals surface area contributed by atoms with Gasteiger partial charge in [0.25, 0.3) is 17.8 Å². The predicted octanol–water partition coefficient (Wildman–Crippen LogP) is 1.00. The number of hydrogen-bond acceptors (Lipinski definition) is 13. The van der Waals surface area contributed by atoms with Crippen LogP contribution in [0.3, 0.4) is 0 Å². The number of nitro benzene ring substituents is 2. The first-order chi connectivity index (χ1) is 21.5. The van der Waals surface area contributed by atoms with Crippen LogP contribution in [0.2, 0.25) is 0 Å². The first-order valence-electron chi connectivity index (χ1n) is 13.9. The number of carbonyl (C=O) groups excluding carboxylic acids is 4. The van der Waals surface area contributed by atoms with Crippen molar-refractivity contribution in [1.82, 2.24) is 14.7 Å².